The first-order valence-electron chi connectivity index (χ1n) is 15.5. The van der Waals surface area contributed by atoms with Gasteiger partial charge in [-0.1, -0.05) is 55.8 Å². The molecule has 0 unspecified atom stereocenters. The van der Waals surface area contributed by atoms with E-state index in [4.69, 9.17) is 14.8 Å². The molecule has 0 amide bonds. The van der Waals surface area contributed by atoms with E-state index in [1.807, 2.05) is 41.2 Å². The molecule has 46 heavy (non-hydrogen) atoms. The molecular weight excluding hydrogens is 659 g/mol. The van der Waals surface area contributed by atoms with Gasteiger partial charge in [-0.2, -0.15) is 17.2 Å². The maximum absolute atomic E-state index is 6.42. The molecular formula is C40H36N4OPd. The zero-order chi connectivity index (χ0) is 31.2. The number of hydrogen-bond donors (Lipinski definition) is 0. The largest absolute Gasteiger partial charge is 2.00 e. The number of aryl methyl sites for hydroxylation is 3. The van der Waals surface area contributed by atoms with Crippen molar-refractivity contribution in [1.82, 2.24) is 19.3 Å². The molecule has 0 saturated carbocycles. The Labute approximate surface area is 284 Å². The van der Waals surface area contributed by atoms with Gasteiger partial charge in [0.2, 0.25) is 0 Å². The van der Waals surface area contributed by atoms with E-state index < -0.39 is 0 Å². The van der Waals surface area contributed by atoms with Crippen molar-refractivity contribution in [1.29, 1.82) is 0 Å². The van der Waals surface area contributed by atoms with E-state index in [9.17, 15) is 0 Å². The van der Waals surface area contributed by atoms with Crippen molar-refractivity contribution < 1.29 is 25.2 Å². The minimum Gasteiger partial charge on any atom is -0.509 e. The molecule has 0 radical (unpaired) electrons. The Balaban J connectivity index is 0.00000372. The van der Waals surface area contributed by atoms with Gasteiger partial charge in [-0.15, -0.1) is 35.7 Å². The van der Waals surface area contributed by atoms with E-state index in [2.05, 4.69) is 113 Å². The Bertz CT molecular complexity index is 2210. The van der Waals surface area contributed by atoms with Crippen molar-refractivity contribution in [2.75, 3.05) is 0 Å². The van der Waals surface area contributed by atoms with Gasteiger partial charge in [0.1, 0.15) is 5.82 Å². The third-order valence-corrected chi connectivity index (χ3v) is 8.42. The van der Waals surface area contributed by atoms with Crippen LogP contribution in [0.15, 0.2) is 91.1 Å². The maximum atomic E-state index is 6.42. The number of para-hydroxylation sites is 1. The second kappa shape index (κ2) is 12.7. The first kappa shape index (κ1) is 31.5. The summed E-state index contributed by atoms with van der Waals surface area (Å²) in [6.45, 7) is 13.0. The van der Waals surface area contributed by atoms with Crippen LogP contribution in [0.1, 0.15) is 41.9 Å². The summed E-state index contributed by atoms with van der Waals surface area (Å²) >= 11 is 0. The molecule has 7 rings (SSSR count). The monoisotopic (exact) mass is 694 g/mol. The summed E-state index contributed by atoms with van der Waals surface area (Å²) in [5, 5.41) is 7.25. The van der Waals surface area contributed by atoms with Gasteiger partial charge < -0.3 is 9.30 Å². The van der Waals surface area contributed by atoms with Gasteiger partial charge in [0.05, 0.1) is 5.69 Å². The van der Waals surface area contributed by atoms with Crippen LogP contribution in [0.3, 0.4) is 0 Å². The van der Waals surface area contributed by atoms with E-state index in [1.165, 1.54) is 22.3 Å². The SMILES string of the molecule is Cc1ccnc(-n2c3[c-]c(Oc4[c-]c(-n5nc(C)c(-c6c(C)cccc6CC(C)C)c5C)ccc4)ccc3c3ccccc32)c1.[Pd+2]. The molecule has 0 spiro atoms. The van der Waals surface area contributed by atoms with Crippen molar-refractivity contribution in [2.45, 2.75) is 48.0 Å². The van der Waals surface area contributed by atoms with Gasteiger partial charge in [-0.05, 0) is 91.6 Å². The van der Waals surface area contributed by atoms with Crippen LogP contribution in [-0.4, -0.2) is 19.3 Å². The van der Waals surface area contributed by atoms with Crippen LogP contribution in [0.5, 0.6) is 11.5 Å². The molecule has 0 fully saturated rings. The number of benzene rings is 4. The average Bonchev–Trinajstić information content (AvgIpc) is 3.50. The first-order chi connectivity index (χ1) is 21.8. The molecule has 5 nitrogen and oxygen atoms in total. The van der Waals surface area contributed by atoms with E-state index in [1.54, 1.807) is 0 Å². The summed E-state index contributed by atoms with van der Waals surface area (Å²) < 4.78 is 10.6. The van der Waals surface area contributed by atoms with Crippen LogP contribution in [0, 0.1) is 45.7 Å². The predicted molar refractivity (Wildman–Crippen MR) is 183 cm³/mol. The molecule has 0 aliphatic rings. The van der Waals surface area contributed by atoms with Crippen molar-refractivity contribution >= 4 is 21.8 Å². The summed E-state index contributed by atoms with van der Waals surface area (Å²) in [4.78, 5) is 4.69. The standard InChI is InChI=1S/C40H36N4O.Pd/c1-25(2)21-30-12-9-11-27(4)39(30)40-28(5)42-44(29(40)6)31-13-10-14-32(23-31)45-33-17-18-35-34-15-7-8-16-36(34)43(37(35)24-33)38-22-26(3)19-20-41-38;/h7-20,22,25H,21H2,1-6H3;/q-2;+2. The van der Waals surface area contributed by atoms with E-state index in [0.717, 1.165) is 56.7 Å². The van der Waals surface area contributed by atoms with Crippen molar-refractivity contribution in [2.24, 2.45) is 5.92 Å². The summed E-state index contributed by atoms with van der Waals surface area (Å²) in [6, 6.07) is 36.1. The fraction of sp³-hybridized carbons (Fsp3) is 0.200. The predicted octanol–water partition coefficient (Wildman–Crippen LogP) is 9.85. The number of pyridine rings is 1. The molecule has 0 aliphatic heterocycles. The first-order valence-corrected chi connectivity index (χ1v) is 15.5. The summed E-state index contributed by atoms with van der Waals surface area (Å²) in [7, 11) is 0. The van der Waals surface area contributed by atoms with E-state index in [0.29, 0.717) is 17.4 Å². The Kier molecular flexibility index (Phi) is 8.70. The third kappa shape index (κ3) is 5.68. The molecule has 3 heterocycles. The van der Waals surface area contributed by atoms with Gasteiger partial charge >= 0.3 is 20.4 Å². The van der Waals surface area contributed by atoms with Gasteiger partial charge in [0.25, 0.3) is 0 Å². The Morgan fingerprint density at radius 2 is 1.57 bits per heavy atom. The average molecular weight is 695 g/mol. The second-order valence-electron chi connectivity index (χ2n) is 12.3. The van der Waals surface area contributed by atoms with Crippen molar-refractivity contribution in [3.63, 3.8) is 0 Å². The topological polar surface area (TPSA) is 44.9 Å². The van der Waals surface area contributed by atoms with Crippen LogP contribution in [-0.2, 0) is 26.8 Å². The number of ether oxygens (including phenoxy) is 1. The van der Waals surface area contributed by atoms with Gasteiger partial charge in [0, 0.05) is 34.5 Å². The molecule has 0 atom stereocenters. The summed E-state index contributed by atoms with van der Waals surface area (Å²) in [5.74, 6) is 2.63. The molecule has 0 saturated heterocycles. The van der Waals surface area contributed by atoms with Crippen molar-refractivity contribution in [3.05, 3.63) is 131 Å². The zero-order valence-electron chi connectivity index (χ0n) is 27.0. The summed E-state index contributed by atoms with van der Waals surface area (Å²) in [6.07, 6.45) is 2.87. The van der Waals surface area contributed by atoms with Crippen LogP contribution in [0.25, 0.3) is 44.4 Å². The summed E-state index contributed by atoms with van der Waals surface area (Å²) in [5.41, 5.74) is 11.2. The van der Waals surface area contributed by atoms with Gasteiger partial charge in [-0.3, -0.25) is 4.68 Å². The molecule has 7 aromatic rings. The fourth-order valence-electron chi connectivity index (χ4n) is 6.49. The fourth-order valence-corrected chi connectivity index (χ4v) is 6.49. The molecule has 3 aromatic heterocycles. The normalized spacial score (nSPS) is 11.4. The van der Waals surface area contributed by atoms with Crippen LogP contribution in [0.4, 0.5) is 0 Å². The number of hydrogen-bond acceptors (Lipinski definition) is 3. The number of fused-ring (bicyclic) bond motifs is 3. The molecule has 4 aromatic carbocycles. The molecule has 6 heteroatoms. The molecule has 232 valence electrons. The number of rotatable bonds is 7. The maximum Gasteiger partial charge on any atom is 2.00 e. The second-order valence-corrected chi connectivity index (χ2v) is 12.3. The number of aromatic nitrogens is 4. The zero-order valence-corrected chi connectivity index (χ0v) is 28.5. The van der Waals surface area contributed by atoms with E-state index >= 15 is 0 Å². The molecule has 0 N–H and O–H groups in total. The van der Waals surface area contributed by atoms with Crippen LogP contribution in [0.2, 0.25) is 0 Å². The Hall–Kier alpha value is -4.50. The van der Waals surface area contributed by atoms with Crippen LogP contribution < -0.4 is 4.74 Å². The molecule has 0 aliphatic carbocycles. The van der Waals surface area contributed by atoms with E-state index in [-0.39, 0.29) is 20.4 Å². The Morgan fingerprint density at radius 3 is 2.37 bits per heavy atom. The minimum absolute atomic E-state index is 0. The van der Waals surface area contributed by atoms with Gasteiger partial charge in [0.15, 0.2) is 0 Å². The van der Waals surface area contributed by atoms with Crippen LogP contribution >= 0.6 is 0 Å². The smallest absolute Gasteiger partial charge is 0.509 e. The third-order valence-electron chi connectivity index (χ3n) is 8.42. The number of nitrogens with zero attached hydrogens (tertiary/aromatic N) is 4. The molecule has 0 bridgehead atoms. The van der Waals surface area contributed by atoms with Crippen molar-refractivity contribution in [3.8, 4) is 34.1 Å². The quantitative estimate of drug-likeness (QED) is 0.123. The Morgan fingerprint density at radius 1 is 0.783 bits per heavy atom. The van der Waals surface area contributed by atoms with Gasteiger partial charge in [-0.25, -0.2) is 4.98 Å². The minimum atomic E-state index is 0.